The summed E-state index contributed by atoms with van der Waals surface area (Å²) in [5.41, 5.74) is 0. The summed E-state index contributed by atoms with van der Waals surface area (Å²) >= 11 is 0. The number of aliphatic hydroxyl groups is 1. The van der Waals surface area contributed by atoms with Crippen molar-refractivity contribution in [1.82, 2.24) is 5.32 Å². The van der Waals surface area contributed by atoms with Gasteiger partial charge in [0.1, 0.15) is 0 Å². The number of hydrogen-bond donors (Lipinski definition) is 2. The third kappa shape index (κ3) is 2.77. The minimum absolute atomic E-state index is 0.0923. The summed E-state index contributed by atoms with van der Waals surface area (Å²) < 4.78 is 10.1. The van der Waals surface area contributed by atoms with Gasteiger partial charge in [0.25, 0.3) is 0 Å². The third-order valence-electron chi connectivity index (χ3n) is 1.52. The minimum Gasteiger partial charge on any atom is -0.391 e. The number of ether oxygens (including phenoxy) is 2. The summed E-state index contributed by atoms with van der Waals surface area (Å²) in [5.74, 6) is -0.102. The molecule has 0 aromatic carbocycles. The number of aliphatic hydroxyl groups excluding tert-OH is 1. The highest BCUT2D eigenvalue weighted by atomic mass is 16.7. The van der Waals surface area contributed by atoms with Crippen LogP contribution >= 0.6 is 0 Å². The SMILES string of the molecule is CC(=O)NC1COC(CO)OC1. The van der Waals surface area contributed by atoms with Crippen LogP contribution in [0.2, 0.25) is 0 Å². The van der Waals surface area contributed by atoms with Crippen molar-refractivity contribution in [2.45, 2.75) is 19.3 Å². The van der Waals surface area contributed by atoms with Gasteiger partial charge in [-0.05, 0) is 0 Å². The van der Waals surface area contributed by atoms with E-state index in [1.54, 1.807) is 0 Å². The van der Waals surface area contributed by atoms with Crippen molar-refractivity contribution in [3.05, 3.63) is 0 Å². The summed E-state index contributed by atoms with van der Waals surface area (Å²) in [6.45, 7) is 2.08. The van der Waals surface area contributed by atoms with E-state index in [1.807, 2.05) is 0 Å². The summed E-state index contributed by atoms with van der Waals surface area (Å²) in [7, 11) is 0. The number of rotatable bonds is 2. The molecule has 0 aromatic rings. The number of amides is 1. The molecule has 70 valence electrons. The highest BCUT2D eigenvalue weighted by molar-refractivity contribution is 5.73. The largest absolute Gasteiger partial charge is 0.391 e. The first-order chi connectivity index (χ1) is 5.72. The molecule has 2 N–H and O–H groups in total. The maximum Gasteiger partial charge on any atom is 0.217 e. The molecule has 1 saturated heterocycles. The molecule has 0 bridgehead atoms. The quantitative estimate of drug-likeness (QED) is 0.556. The zero-order valence-electron chi connectivity index (χ0n) is 6.95. The molecule has 12 heavy (non-hydrogen) atoms. The monoisotopic (exact) mass is 175 g/mol. The van der Waals surface area contributed by atoms with Crippen LogP contribution in [0.1, 0.15) is 6.92 Å². The molecule has 0 saturated carbocycles. The van der Waals surface area contributed by atoms with Gasteiger partial charge in [0, 0.05) is 6.92 Å². The van der Waals surface area contributed by atoms with Gasteiger partial charge < -0.3 is 19.9 Å². The molecule has 0 aromatic heterocycles. The van der Waals surface area contributed by atoms with Crippen molar-refractivity contribution in [3.63, 3.8) is 0 Å². The lowest BCUT2D eigenvalue weighted by Gasteiger charge is -2.28. The second-order valence-corrected chi connectivity index (χ2v) is 2.68. The fourth-order valence-electron chi connectivity index (χ4n) is 1.02. The molecule has 1 aliphatic rings. The zero-order valence-corrected chi connectivity index (χ0v) is 6.95. The Morgan fingerprint density at radius 1 is 1.58 bits per heavy atom. The standard InChI is InChI=1S/C7H13NO4/c1-5(10)8-6-3-11-7(2-9)12-4-6/h6-7,9H,2-4H2,1H3,(H,8,10). The Morgan fingerprint density at radius 3 is 2.58 bits per heavy atom. The van der Waals surface area contributed by atoms with Gasteiger partial charge in [-0.15, -0.1) is 0 Å². The third-order valence-corrected chi connectivity index (χ3v) is 1.52. The van der Waals surface area contributed by atoms with E-state index in [2.05, 4.69) is 5.32 Å². The van der Waals surface area contributed by atoms with E-state index in [1.165, 1.54) is 6.92 Å². The second-order valence-electron chi connectivity index (χ2n) is 2.68. The van der Waals surface area contributed by atoms with Gasteiger partial charge in [0.15, 0.2) is 6.29 Å². The van der Waals surface area contributed by atoms with Crippen LogP contribution in [0.5, 0.6) is 0 Å². The highest BCUT2D eigenvalue weighted by Gasteiger charge is 2.21. The minimum atomic E-state index is -0.532. The molecule has 0 atom stereocenters. The fraction of sp³-hybridized carbons (Fsp3) is 0.857. The van der Waals surface area contributed by atoms with E-state index in [-0.39, 0.29) is 18.6 Å². The lowest BCUT2D eigenvalue weighted by Crippen LogP contribution is -2.47. The van der Waals surface area contributed by atoms with Crippen molar-refractivity contribution in [2.75, 3.05) is 19.8 Å². The molecule has 1 amide bonds. The smallest absolute Gasteiger partial charge is 0.217 e. The maximum atomic E-state index is 10.6. The molecule has 1 fully saturated rings. The van der Waals surface area contributed by atoms with Gasteiger partial charge >= 0.3 is 0 Å². The Hall–Kier alpha value is -0.650. The average molecular weight is 175 g/mol. The average Bonchev–Trinajstić information content (AvgIpc) is 2.05. The van der Waals surface area contributed by atoms with Gasteiger partial charge in [-0.3, -0.25) is 4.79 Å². The van der Waals surface area contributed by atoms with Gasteiger partial charge in [-0.2, -0.15) is 0 Å². The first-order valence-electron chi connectivity index (χ1n) is 3.83. The highest BCUT2D eigenvalue weighted by Crippen LogP contribution is 2.04. The van der Waals surface area contributed by atoms with Crippen LogP contribution in [-0.2, 0) is 14.3 Å². The van der Waals surface area contributed by atoms with E-state index in [9.17, 15) is 4.79 Å². The molecule has 5 nitrogen and oxygen atoms in total. The van der Waals surface area contributed by atoms with Crippen LogP contribution in [0.15, 0.2) is 0 Å². The number of carbonyl (C=O) groups excluding carboxylic acids is 1. The first kappa shape index (κ1) is 9.44. The molecule has 1 rings (SSSR count). The van der Waals surface area contributed by atoms with Crippen LogP contribution < -0.4 is 5.32 Å². The summed E-state index contributed by atoms with van der Waals surface area (Å²) in [6, 6.07) is -0.0923. The van der Waals surface area contributed by atoms with Crippen LogP contribution in [0.3, 0.4) is 0 Å². The predicted molar refractivity (Wildman–Crippen MR) is 40.4 cm³/mol. The Morgan fingerprint density at radius 2 is 2.17 bits per heavy atom. The maximum absolute atomic E-state index is 10.6. The summed E-state index contributed by atoms with van der Waals surface area (Å²) in [4.78, 5) is 10.6. The molecule has 0 radical (unpaired) electrons. The summed E-state index contributed by atoms with van der Waals surface area (Å²) in [5, 5.41) is 11.3. The molecule has 0 unspecified atom stereocenters. The molecule has 0 spiro atoms. The van der Waals surface area contributed by atoms with Gasteiger partial charge in [-0.25, -0.2) is 0 Å². The molecular formula is C7H13NO4. The van der Waals surface area contributed by atoms with E-state index >= 15 is 0 Å². The zero-order chi connectivity index (χ0) is 8.97. The molecule has 1 heterocycles. The van der Waals surface area contributed by atoms with E-state index in [4.69, 9.17) is 14.6 Å². The van der Waals surface area contributed by atoms with Crippen molar-refractivity contribution >= 4 is 5.91 Å². The van der Waals surface area contributed by atoms with E-state index in [0.717, 1.165) is 0 Å². The Labute approximate surface area is 70.7 Å². The van der Waals surface area contributed by atoms with Crippen LogP contribution in [-0.4, -0.2) is 43.2 Å². The van der Waals surface area contributed by atoms with Crippen LogP contribution in [0.25, 0.3) is 0 Å². The van der Waals surface area contributed by atoms with Crippen molar-refractivity contribution in [3.8, 4) is 0 Å². The first-order valence-corrected chi connectivity index (χ1v) is 3.83. The molecule has 0 aliphatic carbocycles. The van der Waals surface area contributed by atoms with Gasteiger partial charge in [0.2, 0.25) is 5.91 Å². The van der Waals surface area contributed by atoms with Crippen molar-refractivity contribution in [2.24, 2.45) is 0 Å². The summed E-state index contributed by atoms with van der Waals surface area (Å²) in [6.07, 6.45) is -0.532. The lowest BCUT2D eigenvalue weighted by molar-refractivity contribution is -0.205. The molecule has 5 heteroatoms. The predicted octanol–water partition coefficient (Wildman–Crippen LogP) is -1.14. The topological polar surface area (TPSA) is 67.8 Å². The van der Waals surface area contributed by atoms with Crippen molar-refractivity contribution in [1.29, 1.82) is 0 Å². The van der Waals surface area contributed by atoms with Gasteiger partial charge in [0.05, 0.1) is 25.9 Å². The number of carbonyl (C=O) groups is 1. The Kier molecular flexibility index (Phi) is 3.46. The number of hydrogen-bond acceptors (Lipinski definition) is 4. The number of nitrogens with one attached hydrogen (secondary N) is 1. The van der Waals surface area contributed by atoms with E-state index < -0.39 is 6.29 Å². The van der Waals surface area contributed by atoms with Crippen LogP contribution in [0, 0.1) is 0 Å². The van der Waals surface area contributed by atoms with Crippen molar-refractivity contribution < 1.29 is 19.4 Å². The second kappa shape index (κ2) is 4.39. The van der Waals surface area contributed by atoms with Gasteiger partial charge in [-0.1, -0.05) is 0 Å². The fourth-order valence-corrected chi connectivity index (χ4v) is 1.02. The van der Waals surface area contributed by atoms with Crippen LogP contribution in [0.4, 0.5) is 0 Å². The molecule has 1 aliphatic heterocycles. The molecular weight excluding hydrogens is 162 g/mol. The lowest BCUT2D eigenvalue weighted by atomic mass is 10.3. The normalized spacial score (nSPS) is 29.8. The Balaban J connectivity index is 2.21. The van der Waals surface area contributed by atoms with E-state index in [0.29, 0.717) is 13.2 Å². The Bertz CT molecular complexity index is 153.